The molecular weight excluding hydrogens is 406 g/mol. The van der Waals surface area contributed by atoms with E-state index < -0.39 is 0 Å². The number of carbonyl (C=O) groups excluding carboxylic acids is 2. The van der Waals surface area contributed by atoms with Crippen LogP contribution in [0.4, 0.5) is 5.69 Å². The average Bonchev–Trinajstić information content (AvgIpc) is 2.81. The molecular formula is C26H21NO5. The number of ether oxygens (including phenoxy) is 3. The Bertz CT molecular complexity index is 1260. The Labute approximate surface area is 185 Å². The summed E-state index contributed by atoms with van der Waals surface area (Å²) < 4.78 is 16.9. The summed E-state index contributed by atoms with van der Waals surface area (Å²) in [6, 6.07) is 18.1. The molecule has 2 amide bonds. The van der Waals surface area contributed by atoms with Crippen molar-refractivity contribution in [3.63, 3.8) is 0 Å². The third kappa shape index (κ3) is 3.30. The van der Waals surface area contributed by atoms with E-state index in [1.807, 2.05) is 37.3 Å². The topological polar surface area (TPSA) is 65.1 Å². The van der Waals surface area contributed by atoms with Crippen LogP contribution in [0.5, 0.6) is 17.2 Å². The predicted molar refractivity (Wildman–Crippen MR) is 121 cm³/mol. The first-order valence-corrected chi connectivity index (χ1v) is 10.3. The number of carbonyl (C=O) groups is 2. The minimum Gasteiger partial charge on any atom is -0.493 e. The molecule has 0 aliphatic carbocycles. The molecule has 0 saturated carbocycles. The maximum atomic E-state index is 13.6. The van der Waals surface area contributed by atoms with E-state index in [2.05, 4.69) is 0 Å². The zero-order valence-corrected chi connectivity index (χ0v) is 17.8. The van der Waals surface area contributed by atoms with Crippen molar-refractivity contribution < 1.29 is 23.8 Å². The minimum absolute atomic E-state index is 0.340. The normalized spacial score (nSPS) is 16.2. The van der Waals surface area contributed by atoms with E-state index in [4.69, 9.17) is 14.2 Å². The van der Waals surface area contributed by atoms with Gasteiger partial charge >= 0.3 is 0 Å². The monoisotopic (exact) mass is 427 g/mol. The Hall–Kier alpha value is -4.06. The van der Waals surface area contributed by atoms with Gasteiger partial charge < -0.3 is 14.2 Å². The van der Waals surface area contributed by atoms with E-state index in [1.165, 1.54) is 4.90 Å². The fourth-order valence-electron chi connectivity index (χ4n) is 4.04. The molecule has 0 atom stereocenters. The van der Waals surface area contributed by atoms with Crippen LogP contribution >= 0.6 is 0 Å². The second-order valence-corrected chi connectivity index (χ2v) is 7.64. The van der Waals surface area contributed by atoms with Crippen LogP contribution in [0.15, 0.2) is 60.7 Å². The van der Waals surface area contributed by atoms with E-state index in [-0.39, 0.29) is 11.8 Å². The minimum atomic E-state index is -0.381. The van der Waals surface area contributed by atoms with Crippen LogP contribution in [-0.4, -0.2) is 32.1 Å². The molecule has 0 spiro atoms. The molecule has 2 aliphatic heterocycles. The first kappa shape index (κ1) is 19.9. The molecule has 2 heterocycles. The number of hydrogen-bond donors (Lipinski definition) is 0. The smallest absolute Gasteiger partial charge is 0.265 e. The van der Waals surface area contributed by atoms with Gasteiger partial charge in [-0.3, -0.25) is 9.59 Å². The van der Waals surface area contributed by atoms with Gasteiger partial charge in [-0.05, 0) is 60.0 Å². The van der Waals surface area contributed by atoms with Crippen molar-refractivity contribution in [2.45, 2.75) is 6.92 Å². The van der Waals surface area contributed by atoms with Crippen LogP contribution in [0.1, 0.15) is 27.0 Å². The highest BCUT2D eigenvalue weighted by atomic mass is 16.6. The van der Waals surface area contributed by atoms with Crippen LogP contribution in [0.25, 0.3) is 11.6 Å². The quantitative estimate of drug-likeness (QED) is 0.455. The molecule has 160 valence electrons. The van der Waals surface area contributed by atoms with Crippen LogP contribution in [0.3, 0.4) is 0 Å². The van der Waals surface area contributed by atoms with Gasteiger partial charge in [-0.25, -0.2) is 4.90 Å². The summed E-state index contributed by atoms with van der Waals surface area (Å²) in [7, 11) is 1.56. The largest absolute Gasteiger partial charge is 0.493 e. The molecule has 3 aromatic carbocycles. The Morgan fingerprint density at radius 1 is 0.906 bits per heavy atom. The Morgan fingerprint density at radius 3 is 2.47 bits per heavy atom. The summed E-state index contributed by atoms with van der Waals surface area (Å²) >= 11 is 0. The van der Waals surface area contributed by atoms with Gasteiger partial charge in [0.1, 0.15) is 13.2 Å². The highest BCUT2D eigenvalue weighted by molar-refractivity contribution is 6.43. The second kappa shape index (κ2) is 7.89. The van der Waals surface area contributed by atoms with Crippen molar-refractivity contribution >= 4 is 29.2 Å². The van der Waals surface area contributed by atoms with E-state index in [1.54, 1.807) is 43.5 Å². The third-order valence-corrected chi connectivity index (χ3v) is 5.51. The second-order valence-electron chi connectivity index (χ2n) is 7.64. The average molecular weight is 427 g/mol. The molecule has 0 bridgehead atoms. The number of amides is 2. The van der Waals surface area contributed by atoms with E-state index in [0.29, 0.717) is 58.4 Å². The molecule has 0 N–H and O–H groups in total. The molecule has 6 heteroatoms. The van der Waals surface area contributed by atoms with Gasteiger partial charge in [-0.2, -0.15) is 0 Å². The molecule has 32 heavy (non-hydrogen) atoms. The van der Waals surface area contributed by atoms with Crippen LogP contribution in [-0.2, 0) is 4.79 Å². The SMILES string of the molecule is COc1cc(/C=C2\C(=O)N(c3cccc(C)c3)C(=O)c3ccccc32)cc2c1OCCO2. The number of hydrogen-bond acceptors (Lipinski definition) is 5. The maximum absolute atomic E-state index is 13.6. The molecule has 0 unspecified atom stereocenters. The Morgan fingerprint density at radius 2 is 1.69 bits per heavy atom. The lowest BCUT2D eigenvalue weighted by atomic mass is 9.91. The lowest BCUT2D eigenvalue weighted by Crippen LogP contribution is -2.41. The first-order valence-electron chi connectivity index (χ1n) is 10.3. The number of fused-ring (bicyclic) bond motifs is 2. The zero-order valence-electron chi connectivity index (χ0n) is 17.8. The standard InChI is InChI=1S/C26H21NO5/c1-16-6-5-7-18(12-16)27-25(28)20-9-4-3-8-19(20)21(26(27)29)13-17-14-22(30-2)24-23(15-17)31-10-11-32-24/h3-9,12-15H,10-11H2,1-2H3/b21-13-. The highest BCUT2D eigenvalue weighted by Crippen LogP contribution is 2.42. The van der Waals surface area contributed by atoms with Gasteiger partial charge in [-0.1, -0.05) is 30.3 Å². The van der Waals surface area contributed by atoms with Crippen molar-refractivity contribution in [3.05, 3.63) is 82.9 Å². The zero-order chi connectivity index (χ0) is 22.2. The van der Waals surface area contributed by atoms with Crippen molar-refractivity contribution in [1.82, 2.24) is 0 Å². The van der Waals surface area contributed by atoms with Gasteiger partial charge in [0.25, 0.3) is 11.8 Å². The third-order valence-electron chi connectivity index (χ3n) is 5.51. The van der Waals surface area contributed by atoms with Crippen molar-refractivity contribution in [2.75, 3.05) is 25.2 Å². The number of nitrogens with zero attached hydrogens (tertiary/aromatic N) is 1. The molecule has 0 radical (unpaired) electrons. The molecule has 6 nitrogen and oxygen atoms in total. The van der Waals surface area contributed by atoms with E-state index >= 15 is 0 Å². The van der Waals surface area contributed by atoms with Gasteiger partial charge in [0.05, 0.1) is 12.8 Å². The molecule has 0 fully saturated rings. The summed E-state index contributed by atoms with van der Waals surface area (Å²) in [4.78, 5) is 28.1. The van der Waals surface area contributed by atoms with E-state index in [9.17, 15) is 9.59 Å². The summed E-state index contributed by atoms with van der Waals surface area (Å²) in [6.07, 6.45) is 1.76. The molecule has 5 rings (SSSR count). The first-order chi connectivity index (χ1) is 15.6. The number of rotatable bonds is 3. The summed E-state index contributed by atoms with van der Waals surface area (Å²) in [5, 5.41) is 0. The van der Waals surface area contributed by atoms with Crippen molar-refractivity contribution in [2.24, 2.45) is 0 Å². The van der Waals surface area contributed by atoms with Crippen molar-refractivity contribution in [1.29, 1.82) is 0 Å². The van der Waals surface area contributed by atoms with Crippen LogP contribution in [0, 0.1) is 6.92 Å². The molecule has 0 aromatic heterocycles. The molecule has 2 aliphatic rings. The number of imide groups is 1. The lowest BCUT2D eigenvalue weighted by molar-refractivity contribution is -0.112. The van der Waals surface area contributed by atoms with Crippen LogP contribution in [0.2, 0.25) is 0 Å². The maximum Gasteiger partial charge on any atom is 0.265 e. The fraction of sp³-hybridized carbons (Fsp3) is 0.154. The summed E-state index contributed by atoms with van der Waals surface area (Å²) in [5.74, 6) is 0.914. The Kier molecular flexibility index (Phi) is 4.90. The summed E-state index contributed by atoms with van der Waals surface area (Å²) in [6.45, 7) is 2.81. The number of benzene rings is 3. The number of aryl methyl sites for hydroxylation is 1. The fourth-order valence-corrected chi connectivity index (χ4v) is 4.04. The molecule has 0 saturated heterocycles. The summed E-state index contributed by atoms with van der Waals surface area (Å²) in [5.41, 5.74) is 3.71. The van der Waals surface area contributed by atoms with Gasteiger partial charge in [-0.15, -0.1) is 0 Å². The molecule has 3 aromatic rings. The lowest BCUT2D eigenvalue weighted by Gasteiger charge is -2.29. The highest BCUT2D eigenvalue weighted by Gasteiger charge is 2.36. The Balaban J connectivity index is 1.67. The van der Waals surface area contributed by atoms with E-state index in [0.717, 1.165) is 5.56 Å². The number of methoxy groups -OCH3 is 1. The number of anilines is 1. The predicted octanol–water partition coefficient (Wildman–Crippen LogP) is 4.50. The van der Waals surface area contributed by atoms with Gasteiger partial charge in [0, 0.05) is 11.1 Å². The van der Waals surface area contributed by atoms with Crippen LogP contribution < -0.4 is 19.1 Å². The van der Waals surface area contributed by atoms with Gasteiger partial charge in [0.2, 0.25) is 5.75 Å². The van der Waals surface area contributed by atoms with Crippen molar-refractivity contribution in [3.8, 4) is 17.2 Å². The van der Waals surface area contributed by atoms with Gasteiger partial charge in [0.15, 0.2) is 11.5 Å².